The van der Waals surface area contributed by atoms with Gasteiger partial charge in [-0.15, -0.1) is 0 Å². The van der Waals surface area contributed by atoms with E-state index in [9.17, 15) is 4.79 Å². The van der Waals surface area contributed by atoms with Crippen LogP contribution in [0.5, 0.6) is 11.5 Å². The molecule has 0 radical (unpaired) electrons. The van der Waals surface area contributed by atoms with Crippen LogP contribution in [0, 0.1) is 0 Å². The third kappa shape index (κ3) is 5.11. The standard InChI is InChI=1S/C27H24N6O2/c28-26-25-23(19-9-11-22(12-10-19)35-21-7-2-1-3-8-21)16-33(27(25)32-18-31-26)17-24(34)30-15-13-20-6-4-5-14-29-20/h1-12,14,16,18H,13,15,17H2,(H,30,34)(H2,28,31,32). The maximum absolute atomic E-state index is 12.7. The summed E-state index contributed by atoms with van der Waals surface area (Å²) in [6, 6.07) is 23.1. The molecule has 2 aromatic carbocycles. The summed E-state index contributed by atoms with van der Waals surface area (Å²) in [6.07, 6.45) is 5.71. The number of carbonyl (C=O) groups is 1. The van der Waals surface area contributed by atoms with Crippen LogP contribution in [0.1, 0.15) is 5.69 Å². The fourth-order valence-electron chi connectivity index (χ4n) is 3.90. The van der Waals surface area contributed by atoms with Crippen molar-refractivity contribution in [2.24, 2.45) is 0 Å². The molecule has 3 aromatic heterocycles. The molecule has 0 aliphatic heterocycles. The van der Waals surface area contributed by atoms with Crippen molar-refractivity contribution in [3.63, 3.8) is 0 Å². The van der Waals surface area contributed by atoms with Crippen molar-refractivity contribution >= 4 is 22.8 Å². The van der Waals surface area contributed by atoms with E-state index in [0.29, 0.717) is 29.8 Å². The molecular formula is C27H24N6O2. The summed E-state index contributed by atoms with van der Waals surface area (Å²) in [5.41, 5.74) is 9.53. The van der Waals surface area contributed by atoms with Crippen molar-refractivity contribution in [2.45, 2.75) is 13.0 Å². The second-order valence-electron chi connectivity index (χ2n) is 7.99. The molecule has 3 N–H and O–H groups in total. The van der Waals surface area contributed by atoms with Gasteiger partial charge in [0.25, 0.3) is 0 Å². The van der Waals surface area contributed by atoms with E-state index < -0.39 is 0 Å². The Labute approximate surface area is 202 Å². The first-order chi connectivity index (χ1) is 17.2. The monoisotopic (exact) mass is 464 g/mol. The largest absolute Gasteiger partial charge is 0.457 e. The lowest BCUT2D eigenvalue weighted by Gasteiger charge is -2.07. The molecule has 8 nitrogen and oxygen atoms in total. The second kappa shape index (κ2) is 10.0. The normalized spacial score (nSPS) is 10.9. The number of para-hydroxylation sites is 1. The SMILES string of the molecule is Nc1ncnc2c1c(-c1ccc(Oc3ccccc3)cc1)cn2CC(=O)NCCc1ccccn1. The Morgan fingerprint density at radius 1 is 0.914 bits per heavy atom. The summed E-state index contributed by atoms with van der Waals surface area (Å²) in [5, 5.41) is 3.66. The summed E-state index contributed by atoms with van der Waals surface area (Å²) < 4.78 is 7.69. The Kier molecular flexibility index (Phi) is 6.34. The van der Waals surface area contributed by atoms with Gasteiger partial charge in [0.1, 0.15) is 35.8 Å². The number of ether oxygens (including phenoxy) is 1. The summed E-state index contributed by atoms with van der Waals surface area (Å²) in [4.78, 5) is 25.5. The zero-order valence-corrected chi connectivity index (χ0v) is 19.0. The summed E-state index contributed by atoms with van der Waals surface area (Å²) >= 11 is 0. The molecule has 0 atom stereocenters. The molecular weight excluding hydrogens is 440 g/mol. The lowest BCUT2D eigenvalue weighted by molar-refractivity contribution is -0.121. The molecule has 1 amide bonds. The molecule has 5 aromatic rings. The first-order valence-electron chi connectivity index (χ1n) is 11.3. The number of nitrogens with two attached hydrogens (primary N) is 1. The third-order valence-corrected chi connectivity index (χ3v) is 5.57. The lowest BCUT2D eigenvalue weighted by Crippen LogP contribution is -2.29. The van der Waals surface area contributed by atoms with Crippen LogP contribution < -0.4 is 15.8 Å². The number of hydrogen-bond acceptors (Lipinski definition) is 6. The number of aromatic nitrogens is 4. The van der Waals surface area contributed by atoms with Crippen LogP contribution in [0.2, 0.25) is 0 Å². The van der Waals surface area contributed by atoms with Gasteiger partial charge in [0.15, 0.2) is 0 Å². The molecule has 174 valence electrons. The van der Waals surface area contributed by atoms with Crippen molar-refractivity contribution in [1.29, 1.82) is 0 Å². The Bertz CT molecular complexity index is 1430. The average Bonchev–Trinajstić information content (AvgIpc) is 3.25. The predicted molar refractivity (Wildman–Crippen MR) is 135 cm³/mol. The molecule has 0 unspecified atom stereocenters. The van der Waals surface area contributed by atoms with Gasteiger partial charge in [-0.2, -0.15) is 0 Å². The molecule has 0 saturated carbocycles. The fourth-order valence-corrected chi connectivity index (χ4v) is 3.90. The van der Waals surface area contributed by atoms with Crippen molar-refractivity contribution in [3.05, 3.63) is 97.2 Å². The van der Waals surface area contributed by atoms with E-state index in [-0.39, 0.29) is 12.5 Å². The molecule has 0 aliphatic carbocycles. The van der Waals surface area contributed by atoms with Gasteiger partial charge in [0, 0.05) is 36.6 Å². The number of nitrogens with one attached hydrogen (secondary N) is 1. The van der Waals surface area contributed by atoms with Gasteiger partial charge in [-0.25, -0.2) is 9.97 Å². The number of benzene rings is 2. The van der Waals surface area contributed by atoms with Crippen molar-refractivity contribution < 1.29 is 9.53 Å². The van der Waals surface area contributed by atoms with Gasteiger partial charge in [-0.1, -0.05) is 36.4 Å². The zero-order valence-electron chi connectivity index (χ0n) is 19.0. The number of nitrogens with zero attached hydrogens (tertiary/aromatic N) is 4. The van der Waals surface area contributed by atoms with E-state index in [1.165, 1.54) is 6.33 Å². The van der Waals surface area contributed by atoms with Crippen LogP contribution in [-0.4, -0.2) is 32.0 Å². The molecule has 0 spiro atoms. The quantitative estimate of drug-likeness (QED) is 0.356. The van der Waals surface area contributed by atoms with Crippen LogP contribution in [0.4, 0.5) is 5.82 Å². The highest BCUT2D eigenvalue weighted by Crippen LogP contribution is 2.34. The third-order valence-electron chi connectivity index (χ3n) is 5.57. The molecule has 0 saturated heterocycles. The van der Waals surface area contributed by atoms with Crippen LogP contribution in [0.15, 0.2) is 91.5 Å². The highest BCUT2D eigenvalue weighted by molar-refractivity contribution is 6.01. The Hall–Kier alpha value is -4.72. The molecule has 8 heteroatoms. The van der Waals surface area contributed by atoms with Crippen molar-refractivity contribution in [3.8, 4) is 22.6 Å². The molecule has 0 bridgehead atoms. The molecule has 0 aliphatic rings. The van der Waals surface area contributed by atoms with E-state index >= 15 is 0 Å². The van der Waals surface area contributed by atoms with E-state index in [4.69, 9.17) is 10.5 Å². The summed E-state index contributed by atoms with van der Waals surface area (Å²) in [5.74, 6) is 1.74. The Morgan fingerprint density at radius 3 is 2.46 bits per heavy atom. The topological polar surface area (TPSA) is 108 Å². The second-order valence-corrected chi connectivity index (χ2v) is 7.99. The lowest BCUT2D eigenvalue weighted by atomic mass is 10.1. The van der Waals surface area contributed by atoms with E-state index in [0.717, 1.165) is 28.3 Å². The van der Waals surface area contributed by atoms with E-state index in [1.54, 1.807) is 10.8 Å². The number of hydrogen-bond donors (Lipinski definition) is 2. The van der Waals surface area contributed by atoms with Gasteiger partial charge in [-0.3, -0.25) is 9.78 Å². The molecule has 5 rings (SSSR count). The smallest absolute Gasteiger partial charge is 0.240 e. The maximum atomic E-state index is 12.7. The average molecular weight is 465 g/mol. The molecule has 35 heavy (non-hydrogen) atoms. The van der Waals surface area contributed by atoms with Gasteiger partial charge in [-0.05, 0) is 42.0 Å². The van der Waals surface area contributed by atoms with Crippen molar-refractivity contribution in [2.75, 3.05) is 12.3 Å². The highest BCUT2D eigenvalue weighted by Gasteiger charge is 2.17. The minimum absolute atomic E-state index is 0.115. The van der Waals surface area contributed by atoms with E-state index in [2.05, 4.69) is 20.3 Å². The maximum Gasteiger partial charge on any atom is 0.240 e. The van der Waals surface area contributed by atoms with Gasteiger partial charge in [0.2, 0.25) is 5.91 Å². The minimum Gasteiger partial charge on any atom is -0.457 e. The Morgan fingerprint density at radius 2 is 1.69 bits per heavy atom. The molecule has 0 fully saturated rings. The summed E-state index contributed by atoms with van der Waals surface area (Å²) in [7, 11) is 0. The number of anilines is 1. The van der Waals surface area contributed by atoms with Crippen LogP contribution >= 0.6 is 0 Å². The first kappa shape index (κ1) is 22.1. The van der Waals surface area contributed by atoms with Gasteiger partial charge < -0.3 is 20.4 Å². The van der Waals surface area contributed by atoms with Crippen LogP contribution in [-0.2, 0) is 17.8 Å². The number of carbonyl (C=O) groups excluding carboxylic acids is 1. The number of rotatable bonds is 8. The minimum atomic E-state index is -0.117. The van der Waals surface area contributed by atoms with Gasteiger partial charge >= 0.3 is 0 Å². The summed E-state index contributed by atoms with van der Waals surface area (Å²) in [6.45, 7) is 0.617. The van der Waals surface area contributed by atoms with Gasteiger partial charge in [0.05, 0.1) is 5.39 Å². The highest BCUT2D eigenvalue weighted by atomic mass is 16.5. The number of amides is 1. The number of pyridine rings is 1. The molecule has 3 heterocycles. The zero-order chi connectivity index (χ0) is 24.0. The van der Waals surface area contributed by atoms with Crippen LogP contribution in [0.3, 0.4) is 0 Å². The van der Waals surface area contributed by atoms with E-state index in [1.807, 2.05) is 79.0 Å². The van der Waals surface area contributed by atoms with Crippen LogP contribution in [0.25, 0.3) is 22.2 Å². The number of fused-ring (bicyclic) bond motifs is 1. The fraction of sp³-hybridized carbons (Fsp3) is 0.111. The Balaban J connectivity index is 1.34. The van der Waals surface area contributed by atoms with Crippen molar-refractivity contribution in [1.82, 2.24) is 24.8 Å². The number of nitrogen functional groups attached to an aromatic ring is 1. The first-order valence-corrected chi connectivity index (χ1v) is 11.3. The predicted octanol–water partition coefficient (Wildman–Crippen LogP) is 4.23.